The molecular weight excluding hydrogens is 357 g/mol. The van der Waals surface area contributed by atoms with Gasteiger partial charge in [-0.2, -0.15) is 0 Å². The molecule has 2 aromatic heterocycles. The van der Waals surface area contributed by atoms with E-state index in [2.05, 4.69) is 25.4 Å². The largest absolute Gasteiger partial charge is 0.424 e. The Hall–Kier alpha value is -2.55. The first-order valence-corrected chi connectivity index (χ1v) is 9.28. The zero-order valence-corrected chi connectivity index (χ0v) is 15.1. The SMILES string of the molecule is Cc1nnc(CNC(=O)C2CCN(c3nc4c(F)cccc4s3)CC2)o1. The van der Waals surface area contributed by atoms with Crippen LogP contribution in [0.5, 0.6) is 0 Å². The summed E-state index contributed by atoms with van der Waals surface area (Å²) in [5.74, 6) is 0.535. The summed E-state index contributed by atoms with van der Waals surface area (Å²) in [4.78, 5) is 18.9. The highest BCUT2D eigenvalue weighted by molar-refractivity contribution is 7.22. The van der Waals surface area contributed by atoms with Crippen LogP contribution in [0.4, 0.5) is 9.52 Å². The average molecular weight is 375 g/mol. The zero-order chi connectivity index (χ0) is 18.1. The molecular formula is C17H18FN5O2S. The molecule has 1 fully saturated rings. The van der Waals surface area contributed by atoms with Crippen LogP contribution in [0.25, 0.3) is 10.2 Å². The third-order valence-electron chi connectivity index (χ3n) is 4.48. The van der Waals surface area contributed by atoms with Gasteiger partial charge < -0.3 is 14.6 Å². The molecule has 3 heterocycles. The van der Waals surface area contributed by atoms with Crippen molar-refractivity contribution in [3.8, 4) is 0 Å². The predicted molar refractivity (Wildman–Crippen MR) is 95.4 cm³/mol. The first-order chi connectivity index (χ1) is 12.6. The van der Waals surface area contributed by atoms with Gasteiger partial charge in [-0.1, -0.05) is 17.4 Å². The van der Waals surface area contributed by atoms with Crippen LogP contribution in [0, 0.1) is 18.7 Å². The number of aromatic nitrogens is 3. The molecule has 7 nitrogen and oxygen atoms in total. The highest BCUT2D eigenvalue weighted by Gasteiger charge is 2.26. The smallest absolute Gasteiger partial charge is 0.235 e. The zero-order valence-electron chi connectivity index (χ0n) is 14.2. The van der Waals surface area contributed by atoms with E-state index in [9.17, 15) is 9.18 Å². The molecule has 9 heteroatoms. The van der Waals surface area contributed by atoms with Crippen molar-refractivity contribution in [2.75, 3.05) is 18.0 Å². The molecule has 1 amide bonds. The average Bonchev–Trinajstić information content (AvgIpc) is 3.27. The maximum Gasteiger partial charge on any atom is 0.235 e. The van der Waals surface area contributed by atoms with Crippen LogP contribution in [0.1, 0.15) is 24.6 Å². The minimum absolute atomic E-state index is 0.00385. The second-order valence-electron chi connectivity index (χ2n) is 6.28. The lowest BCUT2D eigenvalue weighted by Gasteiger charge is -2.30. The van der Waals surface area contributed by atoms with Crippen molar-refractivity contribution in [2.45, 2.75) is 26.3 Å². The number of carbonyl (C=O) groups is 1. The Morgan fingerprint density at radius 3 is 2.88 bits per heavy atom. The molecule has 0 saturated carbocycles. The molecule has 1 aliphatic heterocycles. The van der Waals surface area contributed by atoms with E-state index in [0.717, 1.165) is 35.8 Å². The molecule has 0 spiro atoms. The minimum Gasteiger partial charge on any atom is -0.424 e. The monoisotopic (exact) mass is 375 g/mol. The van der Waals surface area contributed by atoms with Crippen LogP contribution in [-0.4, -0.2) is 34.2 Å². The number of hydrogen-bond donors (Lipinski definition) is 1. The van der Waals surface area contributed by atoms with Gasteiger partial charge in [0.25, 0.3) is 0 Å². The van der Waals surface area contributed by atoms with Crippen molar-refractivity contribution < 1.29 is 13.6 Å². The van der Waals surface area contributed by atoms with Gasteiger partial charge in [0.05, 0.1) is 11.2 Å². The van der Waals surface area contributed by atoms with E-state index in [4.69, 9.17) is 4.42 Å². The van der Waals surface area contributed by atoms with Crippen LogP contribution in [0.2, 0.25) is 0 Å². The van der Waals surface area contributed by atoms with Gasteiger partial charge in [0.2, 0.25) is 17.7 Å². The van der Waals surface area contributed by atoms with E-state index < -0.39 is 0 Å². The summed E-state index contributed by atoms with van der Waals surface area (Å²) in [6, 6.07) is 4.99. The number of nitrogens with one attached hydrogen (secondary N) is 1. The predicted octanol–water partition coefficient (Wildman–Crippen LogP) is 2.66. The molecule has 0 aliphatic carbocycles. The van der Waals surface area contributed by atoms with Gasteiger partial charge in [-0.25, -0.2) is 9.37 Å². The Morgan fingerprint density at radius 2 is 2.19 bits per heavy atom. The Labute approximate surface area is 153 Å². The molecule has 1 aliphatic rings. The fraction of sp³-hybridized carbons (Fsp3) is 0.412. The Morgan fingerprint density at radius 1 is 1.38 bits per heavy atom. The van der Waals surface area contributed by atoms with Crippen LogP contribution < -0.4 is 10.2 Å². The summed E-state index contributed by atoms with van der Waals surface area (Å²) in [6.45, 7) is 3.40. The molecule has 3 aromatic rings. The van der Waals surface area contributed by atoms with E-state index >= 15 is 0 Å². The number of hydrogen-bond acceptors (Lipinski definition) is 7. The molecule has 1 N–H and O–H groups in total. The second kappa shape index (κ2) is 6.99. The number of carbonyl (C=O) groups excluding carboxylic acids is 1. The molecule has 0 bridgehead atoms. The number of halogens is 1. The number of aryl methyl sites for hydroxylation is 1. The molecule has 1 aromatic carbocycles. The van der Waals surface area contributed by atoms with Gasteiger partial charge in [0.1, 0.15) is 11.3 Å². The normalized spacial score (nSPS) is 15.5. The highest BCUT2D eigenvalue weighted by atomic mass is 32.1. The summed E-state index contributed by atoms with van der Waals surface area (Å²) in [5, 5.41) is 11.3. The van der Waals surface area contributed by atoms with Gasteiger partial charge in [-0.15, -0.1) is 10.2 Å². The molecule has 0 atom stereocenters. The van der Waals surface area contributed by atoms with Gasteiger partial charge in [0, 0.05) is 25.9 Å². The van der Waals surface area contributed by atoms with E-state index in [1.807, 2.05) is 6.07 Å². The fourth-order valence-electron chi connectivity index (χ4n) is 3.09. The van der Waals surface area contributed by atoms with Crippen LogP contribution >= 0.6 is 11.3 Å². The first-order valence-electron chi connectivity index (χ1n) is 8.47. The summed E-state index contributed by atoms with van der Waals surface area (Å²) in [7, 11) is 0. The molecule has 136 valence electrons. The maximum absolute atomic E-state index is 13.8. The van der Waals surface area contributed by atoms with Crippen molar-refractivity contribution in [1.29, 1.82) is 0 Å². The molecule has 1 saturated heterocycles. The third kappa shape index (κ3) is 3.39. The lowest BCUT2D eigenvalue weighted by atomic mass is 9.96. The Balaban J connectivity index is 1.34. The number of nitrogens with zero attached hydrogens (tertiary/aromatic N) is 4. The lowest BCUT2D eigenvalue weighted by Crippen LogP contribution is -2.40. The van der Waals surface area contributed by atoms with Crippen molar-refractivity contribution in [2.24, 2.45) is 5.92 Å². The van der Waals surface area contributed by atoms with Gasteiger partial charge >= 0.3 is 0 Å². The van der Waals surface area contributed by atoms with Crippen molar-refractivity contribution >= 4 is 32.6 Å². The number of anilines is 1. The number of amides is 1. The van der Waals surface area contributed by atoms with E-state index in [0.29, 0.717) is 17.3 Å². The molecule has 0 radical (unpaired) electrons. The lowest BCUT2D eigenvalue weighted by molar-refractivity contribution is -0.125. The number of fused-ring (bicyclic) bond motifs is 1. The summed E-state index contributed by atoms with van der Waals surface area (Å²) in [5.41, 5.74) is 0.419. The van der Waals surface area contributed by atoms with Gasteiger partial charge in [-0.05, 0) is 25.0 Å². The van der Waals surface area contributed by atoms with Crippen molar-refractivity contribution in [3.63, 3.8) is 0 Å². The van der Waals surface area contributed by atoms with Gasteiger partial charge in [-0.3, -0.25) is 4.79 Å². The number of piperidine rings is 1. The number of rotatable bonds is 4. The third-order valence-corrected chi connectivity index (χ3v) is 5.56. The van der Waals surface area contributed by atoms with E-state index in [-0.39, 0.29) is 24.2 Å². The number of para-hydroxylation sites is 1. The van der Waals surface area contributed by atoms with E-state index in [1.54, 1.807) is 13.0 Å². The summed E-state index contributed by atoms with van der Waals surface area (Å²) in [6.07, 6.45) is 1.46. The maximum atomic E-state index is 13.8. The molecule has 26 heavy (non-hydrogen) atoms. The van der Waals surface area contributed by atoms with Crippen LogP contribution in [-0.2, 0) is 11.3 Å². The molecule has 4 rings (SSSR count). The van der Waals surface area contributed by atoms with Crippen LogP contribution in [0.3, 0.4) is 0 Å². The Kier molecular flexibility index (Phi) is 4.54. The summed E-state index contributed by atoms with van der Waals surface area (Å²) < 4.78 is 19.9. The number of thiazole rings is 1. The van der Waals surface area contributed by atoms with E-state index in [1.165, 1.54) is 17.4 Å². The summed E-state index contributed by atoms with van der Waals surface area (Å²) >= 11 is 1.48. The van der Waals surface area contributed by atoms with Crippen molar-refractivity contribution in [3.05, 3.63) is 35.8 Å². The second-order valence-corrected chi connectivity index (χ2v) is 7.29. The fourth-order valence-corrected chi connectivity index (χ4v) is 4.12. The Bertz CT molecular complexity index is 932. The van der Waals surface area contributed by atoms with Crippen molar-refractivity contribution in [1.82, 2.24) is 20.5 Å². The first kappa shape index (κ1) is 16.9. The highest BCUT2D eigenvalue weighted by Crippen LogP contribution is 2.32. The molecule has 0 unspecified atom stereocenters. The quantitative estimate of drug-likeness (QED) is 0.755. The van der Waals surface area contributed by atoms with Crippen LogP contribution in [0.15, 0.2) is 22.6 Å². The van der Waals surface area contributed by atoms with Gasteiger partial charge in [0.15, 0.2) is 5.13 Å². The topological polar surface area (TPSA) is 84.2 Å². The minimum atomic E-state index is -0.296. The standard InChI is InChI=1S/C17H18FN5O2S/c1-10-21-22-14(25-10)9-19-16(24)11-5-7-23(8-6-11)17-20-15-12(18)3-2-4-13(15)26-17/h2-4,11H,5-9H2,1H3,(H,19,24). The number of benzene rings is 1.